The van der Waals surface area contributed by atoms with Gasteiger partial charge in [0.1, 0.15) is 18.0 Å². The summed E-state index contributed by atoms with van der Waals surface area (Å²) < 4.78 is 39.9. The first-order valence-electron chi connectivity index (χ1n) is 15.2. The number of thioether (sulfide) groups is 1. The Kier molecular flexibility index (Phi) is 9.16. The van der Waals surface area contributed by atoms with Crippen molar-refractivity contribution in [3.63, 3.8) is 0 Å². The molecule has 45 heavy (non-hydrogen) atoms. The zero-order valence-corrected chi connectivity index (χ0v) is 25.9. The summed E-state index contributed by atoms with van der Waals surface area (Å²) in [6.45, 7) is 1.08. The molecule has 5 aromatic carbocycles. The Bertz CT molecular complexity index is 1680. The van der Waals surface area contributed by atoms with Crippen LogP contribution in [0, 0.1) is 0 Å². The molecule has 2 aliphatic rings. The van der Waals surface area contributed by atoms with Crippen LogP contribution in [0.25, 0.3) is 10.8 Å². The molecule has 2 aliphatic heterocycles. The Morgan fingerprint density at radius 2 is 1.20 bits per heavy atom. The average molecular weight is 621 g/mol. The molecule has 0 radical (unpaired) electrons. The second kappa shape index (κ2) is 13.7. The van der Waals surface area contributed by atoms with Gasteiger partial charge in [0.15, 0.2) is 12.4 Å². The van der Waals surface area contributed by atoms with Gasteiger partial charge in [0.2, 0.25) is 0 Å². The van der Waals surface area contributed by atoms with Crippen LogP contribution in [0.3, 0.4) is 0 Å². The predicted octanol–water partition coefficient (Wildman–Crippen LogP) is 7.78. The van der Waals surface area contributed by atoms with Gasteiger partial charge < -0.3 is 28.4 Å². The third kappa shape index (κ3) is 6.51. The minimum absolute atomic E-state index is 0.351. The lowest BCUT2D eigenvalue weighted by Crippen LogP contribution is -2.70. The molecule has 6 nitrogen and oxygen atoms in total. The molecule has 0 bridgehead atoms. The fourth-order valence-electron chi connectivity index (χ4n) is 6.00. The zero-order chi connectivity index (χ0) is 30.5. The number of fused-ring (bicyclic) bond motifs is 3. The van der Waals surface area contributed by atoms with Gasteiger partial charge in [-0.1, -0.05) is 121 Å². The summed E-state index contributed by atoms with van der Waals surface area (Å²) in [6.07, 6.45) is -2.61. The molecule has 0 saturated carbocycles. The molecule has 0 N–H and O–H groups in total. The molecule has 230 valence electrons. The average Bonchev–Trinajstić information content (AvgIpc) is 3.10. The Morgan fingerprint density at radius 3 is 1.82 bits per heavy atom. The molecule has 5 aromatic rings. The highest BCUT2D eigenvalue weighted by molar-refractivity contribution is 7.99. The Morgan fingerprint density at radius 1 is 0.644 bits per heavy atom. The highest BCUT2D eigenvalue weighted by Gasteiger charge is 2.60. The van der Waals surface area contributed by atoms with E-state index in [0.717, 1.165) is 38.1 Å². The van der Waals surface area contributed by atoms with Crippen LogP contribution in [-0.2, 0) is 43.5 Å². The van der Waals surface area contributed by atoms with Crippen molar-refractivity contribution in [1.29, 1.82) is 0 Å². The van der Waals surface area contributed by atoms with Crippen LogP contribution >= 0.6 is 11.8 Å². The van der Waals surface area contributed by atoms with Crippen molar-refractivity contribution in [1.82, 2.24) is 0 Å². The number of hydrogen-bond donors (Lipinski definition) is 0. The maximum Gasteiger partial charge on any atom is 0.251 e. The highest BCUT2D eigenvalue weighted by atomic mass is 32.2. The number of rotatable bonds is 10. The maximum atomic E-state index is 6.91. The monoisotopic (exact) mass is 620 g/mol. The van der Waals surface area contributed by atoms with Crippen LogP contribution in [0.15, 0.2) is 132 Å². The van der Waals surface area contributed by atoms with Gasteiger partial charge in [-0.25, -0.2) is 0 Å². The summed E-state index contributed by atoms with van der Waals surface area (Å²) in [7, 11) is 1.63. The lowest BCUT2D eigenvalue weighted by atomic mass is 9.95. The molecular weight excluding hydrogens is 584 g/mol. The normalized spacial score (nSPS) is 24.3. The third-order valence-electron chi connectivity index (χ3n) is 8.26. The second-order valence-corrected chi connectivity index (χ2v) is 12.3. The molecule has 7 rings (SSSR count). The molecule has 0 aliphatic carbocycles. The van der Waals surface area contributed by atoms with E-state index in [1.807, 2.05) is 72.8 Å². The molecule has 0 unspecified atom stereocenters. The Hall–Kier alpha value is -3.69. The summed E-state index contributed by atoms with van der Waals surface area (Å²) >= 11 is 1.71. The second-order valence-electron chi connectivity index (χ2n) is 11.3. The van der Waals surface area contributed by atoms with Gasteiger partial charge in [-0.3, -0.25) is 0 Å². The fourth-order valence-corrected chi connectivity index (χ4v) is 7.23. The van der Waals surface area contributed by atoms with Crippen molar-refractivity contribution in [2.45, 2.75) is 55.1 Å². The Labute approximate surface area is 268 Å². The van der Waals surface area contributed by atoms with E-state index in [2.05, 4.69) is 54.6 Å². The topological polar surface area (TPSA) is 55.4 Å². The van der Waals surface area contributed by atoms with Gasteiger partial charge in [-0.2, -0.15) is 0 Å². The van der Waals surface area contributed by atoms with Crippen LogP contribution in [0.5, 0.6) is 5.75 Å². The first-order valence-corrected chi connectivity index (χ1v) is 16.2. The van der Waals surface area contributed by atoms with Crippen LogP contribution in [-0.4, -0.2) is 43.3 Å². The van der Waals surface area contributed by atoms with Gasteiger partial charge in [0.05, 0.1) is 30.5 Å². The standard InChI is InChI=1S/C38H36O6S/c1-39-37-34(41-24-28-15-7-3-8-16-28)33(40-23-27-13-5-2-6-14-27)36(42-25-29-17-9-4-10-18-29)38(44-37)26-45-35-31-20-12-11-19-30(31)21-22-32(35)43-38/h2-22,33-34,36-37H,23-26H2,1H3/t33-,34-,36+,37+,38+/m1/s1. The number of benzene rings is 5. The maximum absolute atomic E-state index is 6.91. The molecule has 1 saturated heterocycles. The number of methoxy groups -OCH3 is 1. The summed E-state index contributed by atoms with van der Waals surface area (Å²) in [4.78, 5) is 1.09. The summed E-state index contributed by atoms with van der Waals surface area (Å²) in [6, 6.07) is 42.8. The van der Waals surface area contributed by atoms with Crippen molar-refractivity contribution in [2.75, 3.05) is 12.9 Å². The summed E-state index contributed by atoms with van der Waals surface area (Å²) in [5.74, 6) is 0.0200. The largest absolute Gasteiger partial charge is 0.457 e. The molecule has 1 fully saturated rings. The van der Waals surface area contributed by atoms with Crippen LogP contribution < -0.4 is 4.74 Å². The number of ether oxygens (including phenoxy) is 6. The van der Waals surface area contributed by atoms with E-state index >= 15 is 0 Å². The van der Waals surface area contributed by atoms with Crippen LogP contribution in [0.4, 0.5) is 0 Å². The van der Waals surface area contributed by atoms with E-state index in [1.54, 1.807) is 18.9 Å². The van der Waals surface area contributed by atoms with E-state index in [4.69, 9.17) is 28.4 Å². The highest BCUT2D eigenvalue weighted by Crippen LogP contribution is 2.49. The molecular formula is C38H36O6S. The van der Waals surface area contributed by atoms with Crippen molar-refractivity contribution < 1.29 is 28.4 Å². The number of hydrogen-bond acceptors (Lipinski definition) is 7. The smallest absolute Gasteiger partial charge is 0.251 e. The minimum atomic E-state index is -1.20. The SMILES string of the molecule is CO[C@H]1O[C@@]2(CSc3c(ccc4ccccc34)O2)[C@@H](OCc2ccccc2)[C@H](OCc2ccccc2)[C@H]1OCc1ccccc1. The van der Waals surface area contributed by atoms with E-state index in [1.165, 1.54) is 0 Å². The first kappa shape index (κ1) is 30.0. The van der Waals surface area contributed by atoms with Gasteiger partial charge in [0, 0.05) is 7.11 Å². The van der Waals surface area contributed by atoms with E-state index in [0.29, 0.717) is 25.6 Å². The van der Waals surface area contributed by atoms with Crippen molar-refractivity contribution in [2.24, 2.45) is 0 Å². The molecule has 2 heterocycles. The molecule has 7 heteroatoms. The van der Waals surface area contributed by atoms with Crippen molar-refractivity contribution in [3.05, 3.63) is 144 Å². The molecule has 0 aromatic heterocycles. The molecule has 0 amide bonds. The molecule has 5 atom stereocenters. The predicted molar refractivity (Wildman–Crippen MR) is 175 cm³/mol. The summed E-state index contributed by atoms with van der Waals surface area (Å²) in [5.41, 5.74) is 3.13. The lowest BCUT2D eigenvalue weighted by Gasteiger charge is -2.52. The van der Waals surface area contributed by atoms with Gasteiger partial charge >= 0.3 is 0 Å². The first-order chi connectivity index (χ1) is 22.2. The molecule has 1 spiro atoms. The van der Waals surface area contributed by atoms with Crippen molar-refractivity contribution in [3.8, 4) is 5.75 Å². The quantitative estimate of drug-likeness (QED) is 0.158. The van der Waals surface area contributed by atoms with Gasteiger partial charge in [-0.05, 0) is 33.5 Å². The fraction of sp³-hybridized carbons (Fsp3) is 0.263. The minimum Gasteiger partial charge on any atom is -0.457 e. The van der Waals surface area contributed by atoms with Gasteiger partial charge in [0.25, 0.3) is 5.79 Å². The third-order valence-corrected chi connectivity index (χ3v) is 9.52. The van der Waals surface area contributed by atoms with E-state index in [9.17, 15) is 0 Å². The summed E-state index contributed by atoms with van der Waals surface area (Å²) in [5, 5.41) is 2.31. The Balaban J connectivity index is 1.27. The van der Waals surface area contributed by atoms with E-state index < -0.39 is 30.4 Å². The van der Waals surface area contributed by atoms with Crippen LogP contribution in [0.2, 0.25) is 0 Å². The van der Waals surface area contributed by atoms with Crippen molar-refractivity contribution >= 4 is 22.5 Å². The lowest BCUT2D eigenvalue weighted by molar-refractivity contribution is -0.388. The van der Waals surface area contributed by atoms with Gasteiger partial charge in [-0.15, -0.1) is 11.8 Å². The zero-order valence-electron chi connectivity index (χ0n) is 25.1. The van der Waals surface area contributed by atoms with Crippen LogP contribution in [0.1, 0.15) is 16.7 Å². The van der Waals surface area contributed by atoms with E-state index in [-0.39, 0.29) is 0 Å².